The summed E-state index contributed by atoms with van der Waals surface area (Å²) in [6.45, 7) is 6.27. The van der Waals surface area contributed by atoms with Crippen LogP contribution in [0.3, 0.4) is 0 Å². The molecule has 1 N–H and O–H groups in total. The Kier molecular flexibility index (Phi) is 6.15. The number of aryl methyl sites for hydroxylation is 3. The number of benzene rings is 3. The van der Waals surface area contributed by atoms with Crippen LogP contribution >= 0.6 is 11.6 Å². The molecule has 0 unspecified atom stereocenters. The van der Waals surface area contributed by atoms with E-state index in [1.165, 1.54) is 4.90 Å². The molecule has 0 aromatic heterocycles. The minimum absolute atomic E-state index is 0.277. The molecule has 0 atom stereocenters. The monoisotopic (exact) mass is 444 g/mol. The summed E-state index contributed by atoms with van der Waals surface area (Å²) in [5, 5.41) is 3.94. The maximum absolute atomic E-state index is 13.4. The lowest BCUT2D eigenvalue weighted by atomic mass is 10.0. The number of hydrogen-bond donors (Lipinski definition) is 1. The van der Waals surface area contributed by atoms with E-state index in [1.54, 1.807) is 0 Å². The lowest BCUT2D eigenvalue weighted by Gasteiger charge is -2.16. The van der Waals surface area contributed by atoms with Gasteiger partial charge in [0.25, 0.3) is 11.8 Å². The fraction of sp³-hybridized carbons (Fsp3) is 0.185. The van der Waals surface area contributed by atoms with Gasteiger partial charge in [0.2, 0.25) is 0 Å². The normalized spacial score (nSPS) is 13.8. The Bertz CT molecular complexity index is 1210. The Balaban J connectivity index is 1.68. The van der Waals surface area contributed by atoms with Gasteiger partial charge in [0, 0.05) is 17.3 Å². The fourth-order valence-electron chi connectivity index (χ4n) is 3.78. The first-order valence-electron chi connectivity index (χ1n) is 10.6. The molecular weight excluding hydrogens is 420 g/mol. The number of nitrogens with zero attached hydrogens (tertiary/aromatic N) is 1. The van der Waals surface area contributed by atoms with Gasteiger partial charge in [-0.1, -0.05) is 65.7 Å². The second-order valence-electron chi connectivity index (χ2n) is 8.20. The highest BCUT2D eigenvalue weighted by atomic mass is 35.5. The minimum Gasteiger partial charge on any atom is -0.350 e. The van der Waals surface area contributed by atoms with E-state index in [1.807, 2.05) is 87.5 Å². The van der Waals surface area contributed by atoms with Crippen molar-refractivity contribution in [1.82, 2.24) is 4.90 Å². The third-order valence-corrected chi connectivity index (χ3v) is 5.95. The topological polar surface area (TPSA) is 49.4 Å². The summed E-state index contributed by atoms with van der Waals surface area (Å²) < 4.78 is 0. The standard InChI is InChI=1S/C27H25ClN2O2/c1-17-5-10-21(11-6-17)24-25(29-23-16-18(2)4-7-19(23)3)27(32)30(26(24)31)15-14-20-8-12-22(28)13-9-20/h4-13,16,29H,14-15H2,1-3H3. The zero-order chi connectivity index (χ0) is 22.8. The van der Waals surface area contributed by atoms with Crippen LogP contribution in [0, 0.1) is 20.8 Å². The van der Waals surface area contributed by atoms with Crippen LogP contribution in [-0.4, -0.2) is 23.3 Å². The highest BCUT2D eigenvalue weighted by Crippen LogP contribution is 2.32. The van der Waals surface area contributed by atoms with Crippen molar-refractivity contribution in [3.63, 3.8) is 0 Å². The zero-order valence-corrected chi connectivity index (χ0v) is 19.2. The van der Waals surface area contributed by atoms with Crippen LogP contribution in [0.15, 0.2) is 72.4 Å². The van der Waals surface area contributed by atoms with E-state index < -0.39 is 0 Å². The van der Waals surface area contributed by atoms with E-state index in [9.17, 15) is 9.59 Å². The Hall–Kier alpha value is -3.37. The van der Waals surface area contributed by atoms with E-state index in [0.717, 1.165) is 33.5 Å². The van der Waals surface area contributed by atoms with Crippen molar-refractivity contribution in [2.75, 3.05) is 11.9 Å². The number of nitrogens with one attached hydrogen (secondary N) is 1. The number of carbonyl (C=O) groups is 2. The molecule has 0 fully saturated rings. The van der Waals surface area contributed by atoms with Crippen molar-refractivity contribution in [2.24, 2.45) is 0 Å². The van der Waals surface area contributed by atoms with Crippen molar-refractivity contribution in [1.29, 1.82) is 0 Å². The molecule has 0 spiro atoms. The average molecular weight is 445 g/mol. The number of carbonyl (C=O) groups excluding carboxylic acids is 2. The number of hydrogen-bond acceptors (Lipinski definition) is 3. The zero-order valence-electron chi connectivity index (χ0n) is 18.4. The van der Waals surface area contributed by atoms with Crippen LogP contribution in [0.1, 0.15) is 27.8 Å². The number of halogens is 1. The SMILES string of the molecule is Cc1ccc(C2=C(Nc3cc(C)ccc3C)C(=O)N(CCc3ccc(Cl)cc3)C2=O)cc1. The maximum atomic E-state index is 13.4. The van der Waals surface area contributed by atoms with Crippen LogP contribution in [0.4, 0.5) is 5.69 Å². The Morgan fingerprint density at radius 2 is 1.47 bits per heavy atom. The molecule has 0 radical (unpaired) electrons. The first-order chi connectivity index (χ1) is 15.3. The highest BCUT2D eigenvalue weighted by molar-refractivity contribution is 6.36. The fourth-order valence-corrected chi connectivity index (χ4v) is 3.91. The molecular formula is C27H25ClN2O2. The van der Waals surface area contributed by atoms with E-state index in [4.69, 9.17) is 11.6 Å². The van der Waals surface area contributed by atoms with Crippen LogP contribution in [0.2, 0.25) is 5.02 Å². The first-order valence-corrected chi connectivity index (χ1v) is 11.0. The van der Waals surface area contributed by atoms with E-state index >= 15 is 0 Å². The number of anilines is 1. The van der Waals surface area contributed by atoms with E-state index in [-0.39, 0.29) is 11.8 Å². The van der Waals surface area contributed by atoms with Crippen LogP contribution in [-0.2, 0) is 16.0 Å². The molecule has 0 bridgehead atoms. The van der Waals surface area contributed by atoms with Gasteiger partial charge in [0.15, 0.2) is 0 Å². The second kappa shape index (κ2) is 9.01. The van der Waals surface area contributed by atoms with Crippen molar-refractivity contribution >= 4 is 34.7 Å². The average Bonchev–Trinajstić information content (AvgIpc) is 3.00. The van der Waals surface area contributed by atoms with Crippen LogP contribution in [0.5, 0.6) is 0 Å². The van der Waals surface area contributed by atoms with E-state index in [2.05, 4.69) is 5.32 Å². The van der Waals surface area contributed by atoms with Crippen LogP contribution < -0.4 is 5.32 Å². The summed E-state index contributed by atoms with van der Waals surface area (Å²) in [6, 6.07) is 21.2. The molecule has 32 heavy (non-hydrogen) atoms. The molecule has 1 aliphatic heterocycles. The molecule has 3 aromatic carbocycles. The van der Waals surface area contributed by atoms with Crippen molar-refractivity contribution in [3.8, 4) is 0 Å². The van der Waals surface area contributed by atoms with Gasteiger partial charge in [-0.25, -0.2) is 0 Å². The molecule has 5 heteroatoms. The Morgan fingerprint density at radius 1 is 0.812 bits per heavy atom. The Labute approximate surface area is 193 Å². The Morgan fingerprint density at radius 3 is 2.16 bits per heavy atom. The van der Waals surface area contributed by atoms with Gasteiger partial charge in [-0.3, -0.25) is 14.5 Å². The summed E-state index contributed by atoms with van der Waals surface area (Å²) in [6.07, 6.45) is 0.562. The smallest absolute Gasteiger partial charge is 0.278 e. The van der Waals surface area contributed by atoms with Gasteiger partial charge in [0.1, 0.15) is 5.70 Å². The molecule has 4 rings (SSSR count). The molecule has 0 aliphatic carbocycles. The summed E-state index contributed by atoms with van der Waals surface area (Å²) in [5.41, 5.74) is 6.48. The molecule has 2 amide bonds. The largest absolute Gasteiger partial charge is 0.350 e. The first kappa shape index (κ1) is 21.8. The van der Waals surface area contributed by atoms with Gasteiger partial charge >= 0.3 is 0 Å². The number of rotatable bonds is 6. The minimum atomic E-state index is -0.305. The lowest BCUT2D eigenvalue weighted by molar-refractivity contribution is -0.136. The van der Waals surface area contributed by atoms with Crippen molar-refractivity contribution in [3.05, 3.63) is 105 Å². The molecule has 1 aliphatic rings. The van der Waals surface area contributed by atoms with E-state index in [0.29, 0.717) is 29.3 Å². The molecule has 4 nitrogen and oxygen atoms in total. The predicted octanol–water partition coefficient (Wildman–Crippen LogP) is 5.70. The predicted molar refractivity (Wildman–Crippen MR) is 130 cm³/mol. The summed E-state index contributed by atoms with van der Waals surface area (Å²) in [5.74, 6) is -0.582. The third-order valence-electron chi connectivity index (χ3n) is 5.70. The molecule has 1 heterocycles. The lowest BCUT2D eigenvalue weighted by Crippen LogP contribution is -2.34. The van der Waals surface area contributed by atoms with Gasteiger partial charge in [0.05, 0.1) is 5.57 Å². The third kappa shape index (κ3) is 4.46. The summed E-state index contributed by atoms with van der Waals surface area (Å²) in [7, 11) is 0. The highest BCUT2D eigenvalue weighted by Gasteiger charge is 2.39. The van der Waals surface area contributed by atoms with Crippen molar-refractivity contribution < 1.29 is 9.59 Å². The van der Waals surface area contributed by atoms with Crippen LogP contribution in [0.25, 0.3) is 5.57 Å². The molecule has 162 valence electrons. The van der Waals surface area contributed by atoms with Gasteiger partial charge < -0.3 is 5.32 Å². The van der Waals surface area contributed by atoms with Gasteiger partial charge in [-0.05, 0) is 67.6 Å². The second-order valence-corrected chi connectivity index (χ2v) is 8.63. The summed E-state index contributed by atoms with van der Waals surface area (Å²) >= 11 is 5.97. The number of amides is 2. The van der Waals surface area contributed by atoms with Gasteiger partial charge in [-0.15, -0.1) is 0 Å². The maximum Gasteiger partial charge on any atom is 0.278 e. The number of imide groups is 1. The molecule has 0 saturated heterocycles. The van der Waals surface area contributed by atoms with Gasteiger partial charge in [-0.2, -0.15) is 0 Å². The summed E-state index contributed by atoms with van der Waals surface area (Å²) in [4.78, 5) is 28.2. The molecule has 0 saturated carbocycles. The quantitative estimate of drug-likeness (QED) is 0.496. The molecule has 3 aromatic rings. The van der Waals surface area contributed by atoms with Crippen molar-refractivity contribution in [2.45, 2.75) is 27.2 Å².